The van der Waals surface area contributed by atoms with Crippen LogP contribution in [-0.2, 0) is 0 Å². The zero-order valence-electron chi connectivity index (χ0n) is 10.4. The second-order valence-corrected chi connectivity index (χ2v) is 4.92. The van der Waals surface area contributed by atoms with Gasteiger partial charge in [0.05, 0.1) is 24.1 Å². The number of nitrogens with two attached hydrogens (primary N) is 1. The molecule has 1 fully saturated rings. The lowest BCUT2D eigenvalue weighted by Crippen LogP contribution is -2.46. The summed E-state index contributed by atoms with van der Waals surface area (Å²) in [6.07, 6.45) is 1.82. The molecule has 0 aromatic heterocycles. The van der Waals surface area contributed by atoms with Crippen LogP contribution in [0.1, 0.15) is 19.8 Å². The van der Waals surface area contributed by atoms with Crippen molar-refractivity contribution in [1.82, 2.24) is 0 Å². The summed E-state index contributed by atoms with van der Waals surface area (Å²) in [5.41, 5.74) is 7.03. The van der Waals surface area contributed by atoms with E-state index in [0.717, 1.165) is 25.1 Å². The van der Waals surface area contributed by atoms with E-state index < -0.39 is 5.60 Å². The van der Waals surface area contributed by atoms with E-state index in [2.05, 4.69) is 4.90 Å². The Morgan fingerprint density at radius 2 is 2.24 bits per heavy atom. The van der Waals surface area contributed by atoms with Gasteiger partial charge in [-0.15, -0.1) is 0 Å². The van der Waals surface area contributed by atoms with Crippen molar-refractivity contribution in [3.63, 3.8) is 0 Å². The van der Waals surface area contributed by atoms with Crippen LogP contribution in [0.3, 0.4) is 0 Å². The van der Waals surface area contributed by atoms with Crippen LogP contribution in [0.5, 0.6) is 5.75 Å². The molecule has 4 heteroatoms. The van der Waals surface area contributed by atoms with Crippen LogP contribution >= 0.6 is 0 Å². The molecule has 4 nitrogen and oxygen atoms in total. The summed E-state index contributed by atoms with van der Waals surface area (Å²) < 4.78 is 5.21. The van der Waals surface area contributed by atoms with Crippen molar-refractivity contribution in [1.29, 1.82) is 0 Å². The van der Waals surface area contributed by atoms with Crippen LogP contribution in [-0.4, -0.2) is 30.9 Å². The van der Waals surface area contributed by atoms with Gasteiger partial charge in [0.2, 0.25) is 0 Å². The summed E-state index contributed by atoms with van der Waals surface area (Å²) in [6, 6.07) is 5.74. The van der Waals surface area contributed by atoms with Gasteiger partial charge in [0.15, 0.2) is 0 Å². The van der Waals surface area contributed by atoms with Gasteiger partial charge in [-0.2, -0.15) is 0 Å². The van der Waals surface area contributed by atoms with Crippen LogP contribution in [0.15, 0.2) is 18.2 Å². The number of hydrogen-bond acceptors (Lipinski definition) is 4. The number of nitrogen functional groups attached to an aromatic ring is 1. The maximum Gasteiger partial charge on any atom is 0.143 e. The molecule has 0 spiro atoms. The molecule has 1 aromatic rings. The maximum absolute atomic E-state index is 10.1. The second kappa shape index (κ2) is 4.45. The van der Waals surface area contributed by atoms with Crippen LogP contribution in [0.4, 0.5) is 11.4 Å². The van der Waals surface area contributed by atoms with Crippen molar-refractivity contribution in [2.75, 3.05) is 30.8 Å². The average molecular weight is 236 g/mol. The van der Waals surface area contributed by atoms with Gasteiger partial charge in [-0.3, -0.25) is 0 Å². The molecule has 1 unspecified atom stereocenters. The molecule has 0 aliphatic carbocycles. The first-order chi connectivity index (χ1) is 8.03. The predicted octanol–water partition coefficient (Wildman–Crippen LogP) is 1.63. The summed E-state index contributed by atoms with van der Waals surface area (Å²) in [4.78, 5) is 2.13. The first-order valence-electron chi connectivity index (χ1n) is 5.93. The third-order valence-electron chi connectivity index (χ3n) is 3.28. The molecule has 1 aliphatic rings. The molecular formula is C13H20N2O2. The van der Waals surface area contributed by atoms with E-state index in [1.807, 2.05) is 25.1 Å². The van der Waals surface area contributed by atoms with Gasteiger partial charge < -0.3 is 20.5 Å². The number of aliphatic hydroxyl groups is 1. The molecule has 2 rings (SSSR count). The first-order valence-corrected chi connectivity index (χ1v) is 5.93. The molecule has 0 saturated carbocycles. The lowest BCUT2D eigenvalue weighted by atomic mass is 9.94. The Hall–Kier alpha value is -1.42. The lowest BCUT2D eigenvalue weighted by molar-refractivity contribution is 0.0449. The van der Waals surface area contributed by atoms with Crippen molar-refractivity contribution in [2.24, 2.45) is 0 Å². The highest BCUT2D eigenvalue weighted by Gasteiger charge is 2.29. The monoisotopic (exact) mass is 236 g/mol. The quantitative estimate of drug-likeness (QED) is 0.766. The zero-order chi connectivity index (χ0) is 12.5. The molecule has 0 amide bonds. The molecule has 1 heterocycles. The number of nitrogens with zero attached hydrogens (tertiary/aromatic N) is 1. The van der Waals surface area contributed by atoms with Crippen molar-refractivity contribution in [2.45, 2.75) is 25.4 Å². The topological polar surface area (TPSA) is 58.7 Å². The fourth-order valence-electron chi connectivity index (χ4n) is 2.41. The van der Waals surface area contributed by atoms with Crippen molar-refractivity contribution >= 4 is 11.4 Å². The summed E-state index contributed by atoms with van der Waals surface area (Å²) in [6.45, 7) is 3.41. The zero-order valence-corrected chi connectivity index (χ0v) is 10.4. The Morgan fingerprint density at radius 3 is 2.88 bits per heavy atom. The second-order valence-electron chi connectivity index (χ2n) is 4.92. The smallest absolute Gasteiger partial charge is 0.143 e. The number of anilines is 2. The molecule has 1 aliphatic heterocycles. The number of β-amino-alcohol motifs (C(OH)–C–C–N with tert-alkyl or cyclic N) is 1. The molecule has 17 heavy (non-hydrogen) atoms. The number of benzene rings is 1. The Balaban J connectivity index is 2.28. The summed E-state index contributed by atoms with van der Waals surface area (Å²) in [7, 11) is 1.61. The lowest BCUT2D eigenvalue weighted by Gasteiger charge is -2.38. The molecular weight excluding hydrogens is 216 g/mol. The minimum Gasteiger partial charge on any atom is -0.495 e. The van der Waals surface area contributed by atoms with Gasteiger partial charge in [0.1, 0.15) is 5.75 Å². The van der Waals surface area contributed by atoms with Gasteiger partial charge >= 0.3 is 0 Å². The molecule has 0 bridgehead atoms. The third kappa shape index (κ3) is 2.47. The summed E-state index contributed by atoms with van der Waals surface area (Å²) in [5, 5.41) is 10.1. The fraction of sp³-hybridized carbons (Fsp3) is 0.538. The van der Waals surface area contributed by atoms with Crippen LogP contribution in [0.2, 0.25) is 0 Å². The summed E-state index contributed by atoms with van der Waals surface area (Å²) in [5.74, 6) is 0.688. The number of para-hydroxylation sites is 1. The fourth-order valence-corrected chi connectivity index (χ4v) is 2.41. The molecule has 3 N–H and O–H groups in total. The van der Waals surface area contributed by atoms with E-state index in [9.17, 15) is 5.11 Å². The van der Waals surface area contributed by atoms with Crippen molar-refractivity contribution < 1.29 is 9.84 Å². The van der Waals surface area contributed by atoms with Crippen molar-refractivity contribution in [3.8, 4) is 5.75 Å². The summed E-state index contributed by atoms with van der Waals surface area (Å²) >= 11 is 0. The van der Waals surface area contributed by atoms with Gasteiger partial charge in [0, 0.05) is 13.1 Å². The van der Waals surface area contributed by atoms with Gasteiger partial charge in [-0.25, -0.2) is 0 Å². The predicted molar refractivity (Wildman–Crippen MR) is 69.5 cm³/mol. The number of rotatable bonds is 2. The Bertz CT molecular complexity index is 404. The molecule has 1 aromatic carbocycles. The standard InChI is InChI=1S/C13H20N2O2/c1-13(16)7-4-8-15(9-13)10-5-3-6-11(17-2)12(10)14/h3,5-6,16H,4,7-9,14H2,1-2H3. The normalized spacial score (nSPS) is 24.8. The van der Waals surface area contributed by atoms with Gasteiger partial charge in [-0.05, 0) is 31.9 Å². The molecule has 94 valence electrons. The number of ether oxygens (including phenoxy) is 1. The number of piperidine rings is 1. The molecule has 0 radical (unpaired) electrons. The van der Waals surface area contributed by atoms with Crippen LogP contribution < -0.4 is 15.4 Å². The van der Waals surface area contributed by atoms with Gasteiger partial charge in [0.25, 0.3) is 0 Å². The Morgan fingerprint density at radius 1 is 1.47 bits per heavy atom. The van der Waals surface area contributed by atoms with Crippen molar-refractivity contribution in [3.05, 3.63) is 18.2 Å². The molecule has 1 atom stereocenters. The minimum absolute atomic E-state index is 0.615. The van der Waals surface area contributed by atoms with E-state index in [1.54, 1.807) is 7.11 Å². The highest BCUT2D eigenvalue weighted by Crippen LogP contribution is 2.34. The highest BCUT2D eigenvalue weighted by atomic mass is 16.5. The van der Waals surface area contributed by atoms with E-state index in [0.29, 0.717) is 18.0 Å². The highest BCUT2D eigenvalue weighted by molar-refractivity contribution is 5.74. The third-order valence-corrected chi connectivity index (χ3v) is 3.28. The number of methoxy groups -OCH3 is 1. The maximum atomic E-state index is 10.1. The van der Waals surface area contributed by atoms with E-state index in [-0.39, 0.29) is 0 Å². The Labute approximate surface area is 102 Å². The minimum atomic E-state index is -0.631. The van der Waals surface area contributed by atoms with E-state index in [1.165, 1.54) is 0 Å². The number of hydrogen-bond donors (Lipinski definition) is 2. The Kier molecular flexibility index (Phi) is 3.15. The average Bonchev–Trinajstić information content (AvgIpc) is 2.28. The van der Waals surface area contributed by atoms with E-state index >= 15 is 0 Å². The van der Waals surface area contributed by atoms with Crippen LogP contribution in [0, 0.1) is 0 Å². The largest absolute Gasteiger partial charge is 0.495 e. The van der Waals surface area contributed by atoms with E-state index in [4.69, 9.17) is 10.5 Å². The first kappa shape index (κ1) is 12.0. The van der Waals surface area contributed by atoms with Crippen LogP contribution in [0.25, 0.3) is 0 Å². The van der Waals surface area contributed by atoms with Gasteiger partial charge in [-0.1, -0.05) is 6.07 Å². The molecule has 1 saturated heterocycles. The SMILES string of the molecule is COc1cccc(N2CCCC(C)(O)C2)c1N.